The summed E-state index contributed by atoms with van der Waals surface area (Å²) in [5, 5.41) is 3.60. The largest absolute Gasteiger partial charge is 0.352 e. The number of hydrogen-bond acceptors (Lipinski definition) is 3. The number of carbonyl (C=O) groups excluding carboxylic acids is 1. The highest BCUT2D eigenvalue weighted by atomic mass is 16.2. The molecule has 0 bridgehead atoms. The Hall–Kier alpha value is -2.17. The van der Waals surface area contributed by atoms with Gasteiger partial charge >= 0.3 is 0 Å². The monoisotopic (exact) mass is 299 g/mol. The van der Waals surface area contributed by atoms with Crippen LogP contribution in [0.1, 0.15) is 38.5 Å². The molecule has 1 aliphatic carbocycles. The van der Waals surface area contributed by atoms with Gasteiger partial charge in [0.2, 0.25) is 5.91 Å². The smallest absolute Gasteiger partial charge is 0.261 e. The van der Waals surface area contributed by atoms with Gasteiger partial charge < -0.3 is 5.32 Å². The van der Waals surface area contributed by atoms with Crippen LogP contribution >= 0.6 is 0 Å². The molecule has 2 aromatic rings. The Balaban J connectivity index is 1.71. The van der Waals surface area contributed by atoms with Crippen LogP contribution < -0.4 is 10.9 Å². The van der Waals surface area contributed by atoms with Gasteiger partial charge in [-0.2, -0.15) is 0 Å². The predicted molar refractivity (Wildman–Crippen MR) is 85.6 cm³/mol. The predicted octanol–water partition coefficient (Wildman–Crippen LogP) is 2.24. The molecule has 1 fully saturated rings. The molecule has 1 aromatic carbocycles. The van der Waals surface area contributed by atoms with Crippen LogP contribution in [0.25, 0.3) is 10.9 Å². The SMILES string of the molecule is O=C(Cn1cnc2ccccc2c1=O)NC1CCCCCC1. The molecule has 0 unspecified atom stereocenters. The second-order valence-corrected chi connectivity index (χ2v) is 5.95. The molecule has 22 heavy (non-hydrogen) atoms. The molecule has 1 amide bonds. The third-order valence-electron chi connectivity index (χ3n) is 4.27. The van der Waals surface area contributed by atoms with Crippen molar-refractivity contribution in [3.63, 3.8) is 0 Å². The Morgan fingerprint density at radius 2 is 1.91 bits per heavy atom. The molecule has 0 saturated heterocycles. The van der Waals surface area contributed by atoms with Gasteiger partial charge in [-0.15, -0.1) is 0 Å². The Kier molecular flexibility index (Phi) is 4.51. The normalized spacial score (nSPS) is 16.4. The quantitative estimate of drug-likeness (QED) is 0.884. The first-order valence-electron chi connectivity index (χ1n) is 7.97. The van der Waals surface area contributed by atoms with E-state index in [-0.39, 0.29) is 24.1 Å². The number of rotatable bonds is 3. The van der Waals surface area contributed by atoms with Gasteiger partial charge in [0, 0.05) is 6.04 Å². The number of para-hydroxylation sites is 1. The molecular weight excluding hydrogens is 278 g/mol. The lowest BCUT2D eigenvalue weighted by Crippen LogP contribution is -2.38. The van der Waals surface area contributed by atoms with E-state index in [1.807, 2.05) is 6.07 Å². The van der Waals surface area contributed by atoms with Gasteiger partial charge in [0.15, 0.2) is 0 Å². The lowest BCUT2D eigenvalue weighted by molar-refractivity contribution is -0.122. The van der Waals surface area contributed by atoms with Crippen LogP contribution in [0.5, 0.6) is 0 Å². The first-order chi connectivity index (χ1) is 10.7. The highest BCUT2D eigenvalue weighted by Gasteiger charge is 2.15. The van der Waals surface area contributed by atoms with Crippen molar-refractivity contribution in [2.24, 2.45) is 0 Å². The van der Waals surface area contributed by atoms with Crippen molar-refractivity contribution in [2.45, 2.75) is 51.1 Å². The molecule has 0 aliphatic heterocycles. The van der Waals surface area contributed by atoms with Crippen molar-refractivity contribution in [3.8, 4) is 0 Å². The molecule has 1 N–H and O–H groups in total. The number of hydrogen-bond donors (Lipinski definition) is 1. The molecule has 0 atom stereocenters. The van der Waals surface area contributed by atoms with Crippen LogP contribution in [-0.4, -0.2) is 21.5 Å². The van der Waals surface area contributed by atoms with Gasteiger partial charge in [-0.25, -0.2) is 4.98 Å². The molecule has 116 valence electrons. The summed E-state index contributed by atoms with van der Waals surface area (Å²) in [6.07, 6.45) is 8.37. The second kappa shape index (κ2) is 6.73. The minimum Gasteiger partial charge on any atom is -0.352 e. The maximum Gasteiger partial charge on any atom is 0.261 e. The lowest BCUT2D eigenvalue weighted by Gasteiger charge is -2.16. The summed E-state index contributed by atoms with van der Waals surface area (Å²) < 4.78 is 1.38. The molecule has 5 nitrogen and oxygen atoms in total. The summed E-state index contributed by atoms with van der Waals surface area (Å²) in [4.78, 5) is 28.8. The van der Waals surface area contributed by atoms with E-state index in [1.165, 1.54) is 36.6 Å². The number of benzene rings is 1. The fourth-order valence-electron chi connectivity index (χ4n) is 3.07. The van der Waals surface area contributed by atoms with Crippen LogP contribution in [0.4, 0.5) is 0 Å². The summed E-state index contributed by atoms with van der Waals surface area (Å²) in [5.41, 5.74) is 0.495. The topological polar surface area (TPSA) is 64.0 Å². The number of nitrogens with zero attached hydrogens (tertiary/aromatic N) is 2. The van der Waals surface area contributed by atoms with E-state index in [4.69, 9.17) is 0 Å². The van der Waals surface area contributed by atoms with E-state index < -0.39 is 0 Å². The van der Waals surface area contributed by atoms with E-state index in [1.54, 1.807) is 18.2 Å². The summed E-state index contributed by atoms with van der Waals surface area (Å²) >= 11 is 0. The molecule has 1 aliphatic rings. The van der Waals surface area contributed by atoms with Crippen molar-refractivity contribution in [1.82, 2.24) is 14.9 Å². The fraction of sp³-hybridized carbons (Fsp3) is 0.471. The highest BCUT2D eigenvalue weighted by molar-refractivity contribution is 5.79. The zero-order chi connectivity index (χ0) is 15.4. The van der Waals surface area contributed by atoms with Gasteiger partial charge in [-0.1, -0.05) is 37.8 Å². The molecule has 1 aromatic heterocycles. The minimum absolute atomic E-state index is 0.0349. The van der Waals surface area contributed by atoms with Crippen LogP contribution in [0.3, 0.4) is 0 Å². The molecule has 1 heterocycles. The maximum absolute atomic E-state index is 12.4. The van der Waals surface area contributed by atoms with Gasteiger partial charge in [-0.05, 0) is 25.0 Å². The Morgan fingerprint density at radius 3 is 2.68 bits per heavy atom. The minimum atomic E-state index is -0.165. The standard InChI is InChI=1S/C17H21N3O2/c21-16(19-13-7-3-1-2-4-8-13)11-20-12-18-15-10-6-5-9-14(15)17(20)22/h5-6,9-10,12-13H,1-4,7-8,11H2,(H,19,21). The molecule has 0 radical (unpaired) electrons. The average Bonchev–Trinajstić information content (AvgIpc) is 2.79. The molecule has 0 spiro atoms. The highest BCUT2D eigenvalue weighted by Crippen LogP contribution is 2.17. The van der Waals surface area contributed by atoms with E-state index in [0.29, 0.717) is 10.9 Å². The zero-order valence-electron chi connectivity index (χ0n) is 12.6. The summed E-state index contributed by atoms with van der Waals surface area (Å²) in [5.74, 6) is -0.105. The van der Waals surface area contributed by atoms with E-state index in [0.717, 1.165) is 12.8 Å². The number of amides is 1. The second-order valence-electron chi connectivity index (χ2n) is 5.95. The van der Waals surface area contributed by atoms with E-state index >= 15 is 0 Å². The summed E-state index contributed by atoms with van der Waals surface area (Å²) in [6.45, 7) is 0.0349. The Labute approximate surface area is 129 Å². The summed E-state index contributed by atoms with van der Waals surface area (Å²) in [6, 6.07) is 7.44. The first kappa shape index (κ1) is 14.8. The lowest BCUT2D eigenvalue weighted by atomic mass is 10.1. The van der Waals surface area contributed by atoms with Crippen LogP contribution in [0.15, 0.2) is 35.4 Å². The maximum atomic E-state index is 12.4. The van der Waals surface area contributed by atoms with Gasteiger partial charge in [0.05, 0.1) is 17.2 Å². The van der Waals surface area contributed by atoms with Crippen LogP contribution in [0.2, 0.25) is 0 Å². The third-order valence-corrected chi connectivity index (χ3v) is 4.27. The number of carbonyl (C=O) groups is 1. The Bertz CT molecular complexity index is 715. The average molecular weight is 299 g/mol. The number of fused-ring (bicyclic) bond motifs is 1. The third kappa shape index (κ3) is 3.35. The van der Waals surface area contributed by atoms with Gasteiger partial charge in [0.1, 0.15) is 6.54 Å². The number of aromatic nitrogens is 2. The van der Waals surface area contributed by atoms with E-state index in [9.17, 15) is 9.59 Å². The van der Waals surface area contributed by atoms with Crippen molar-refractivity contribution >= 4 is 16.8 Å². The Morgan fingerprint density at radius 1 is 1.18 bits per heavy atom. The van der Waals surface area contributed by atoms with Crippen LogP contribution in [-0.2, 0) is 11.3 Å². The van der Waals surface area contributed by atoms with Crippen molar-refractivity contribution in [2.75, 3.05) is 0 Å². The van der Waals surface area contributed by atoms with Crippen molar-refractivity contribution in [3.05, 3.63) is 40.9 Å². The van der Waals surface area contributed by atoms with Gasteiger partial charge in [0.25, 0.3) is 5.56 Å². The fourth-order valence-corrected chi connectivity index (χ4v) is 3.07. The molecule has 1 saturated carbocycles. The molecule has 3 rings (SSSR count). The molecular formula is C17H21N3O2. The van der Waals surface area contributed by atoms with Gasteiger partial charge in [-0.3, -0.25) is 14.2 Å². The van der Waals surface area contributed by atoms with Crippen LogP contribution in [0, 0.1) is 0 Å². The van der Waals surface area contributed by atoms with Crippen molar-refractivity contribution < 1.29 is 4.79 Å². The molecule has 5 heteroatoms. The zero-order valence-corrected chi connectivity index (χ0v) is 12.6. The van der Waals surface area contributed by atoms with E-state index in [2.05, 4.69) is 10.3 Å². The van der Waals surface area contributed by atoms with Crippen molar-refractivity contribution in [1.29, 1.82) is 0 Å². The first-order valence-corrected chi connectivity index (χ1v) is 7.97. The number of nitrogens with one attached hydrogen (secondary N) is 1. The summed E-state index contributed by atoms with van der Waals surface area (Å²) in [7, 11) is 0.